The minimum absolute atomic E-state index is 0.0444. The Hall–Kier alpha value is -2.57. The van der Waals surface area contributed by atoms with Gasteiger partial charge in [-0.05, 0) is 37.5 Å². The molecule has 1 aliphatic heterocycles. The first-order valence-corrected chi connectivity index (χ1v) is 10.5. The lowest BCUT2D eigenvalue weighted by molar-refractivity contribution is -0.142. The standard InChI is InChI=1S/C23H27ClN2O4/c1-17(23(28)25-14-19-10-7-13-29-19)26(15-18-8-3-2-4-9-18)22(27)16-30-21-12-6-5-11-20(21)24/h2-6,8-9,11-12,17,19H,7,10,13-16H2,1H3,(H,25,28)/t17-,19-/m1/s1. The van der Waals surface area contributed by atoms with Crippen molar-refractivity contribution in [2.75, 3.05) is 19.8 Å². The first kappa shape index (κ1) is 22.1. The van der Waals surface area contributed by atoms with E-state index in [1.54, 1.807) is 31.2 Å². The molecule has 1 aliphatic rings. The van der Waals surface area contributed by atoms with Gasteiger partial charge in [0.1, 0.15) is 11.8 Å². The lowest BCUT2D eigenvalue weighted by Gasteiger charge is -2.29. The molecule has 1 saturated heterocycles. The second-order valence-corrected chi connectivity index (χ2v) is 7.69. The zero-order valence-corrected chi connectivity index (χ0v) is 17.8. The zero-order chi connectivity index (χ0) is 21.3. The normalized spacial score (nSPS) is 16.7. The molecule has 0 radical (unpaired) electrons. The van der Waals surface area contributed by atoms with Crippen molar-refractivity contribution in [2.24, 2.45) is 0 Å². The minimum Gasteiger partial charge on any atom is -0.482 e. The van der Waals surface area contributed by atoms with E-state index in [2.05, 4.69) is 5.32 Å². The van der Waals surface area contributed by atoms with Crippen molar-refractivity contribution in [3.05, 3.63) is 65.2 Å². The predicted octanol–water partition coefficient (Wildman–Crippen LogP) is 3.43. The third-order valence-electron chi connectivity index (χ3n) is 5.08. The van der Waals surface area contributed by atoms with Crippen LogP contribution in [0.3, 0.4) is 0 Å². The Kier molecular flexibility index (Phi) is 8.11. The number of para-hydroxylation sites is 1. The highest BCUT2D eigenvalue weighted by molar-refractivity contribution is 6.32. The fourth-order valence-electron chi connectivity index (χ4n) is 3.31. The van der Waals surface area contributed by atoms with Crippen molar-refractivity contribution in [1.82, 2.24) is 10.2 Å². The number of carbonyl (C=O) groups excluding carboxylic acids is 2. The van der Waals surface area contributed by atoms with Crippen LogP contribution in [-0.4, -0.2) is 48.6 Å². The number of nitrogens with one attached hydrogen (secondary N) is 1. The monoisotopic (exact) mass is 430 g/mol. The maximum Gasteiger partial charge on any atom is 0.261 e. The topological polar surface area (TPSA) is 67.9 Å². The van der Waals surface area contributed by atoms with Crippen LogP contribution in [0, 0.1) is 0 Å². The molecule has 30 heavy (non-hydrogen) atoms. The van der Waals surface area contributed by atoms with Crippen molar-refractivity contribution < 1.29 is 19.1 Å². The average Bonchev–Trinajstić information content (AvgIpc) is 3.29. The molecule has 2 amide bonds. The van der Waals surface area contributed by atoms with Crippen LogP contribution in [0.25, 0.3) is 0 Å². The number of hydrogen-bond acceptors (Lipinski definition) is 4. The van der Waals surface area contributed by atoms with E-state index < -0.39 is 6.04 Å². The van der Waals surface area contributed by atoms with Crippen LogP contribution in [-0.2, 0) is 20.9 Å². The maximum atomic E-state index is 13.0. The molecule has 0 spiro atoms. The van der Waals surface area contributed by atoms with Crippen LogP contribution in [0.4, 0.5) is 0 Å². The number of carbonyl (C=O) groups is 2. The highest BCUT2D eigenvalue weighted by Gasteiger charge is 2.27. The van der Waals surface area contributed by atoms with E-state index in [-0.39, 0.29) is 24.5 Å². The van der Waals surface area contributed by atoms with Gasteiger partial charge in [0.05, 0.1) is 11.1 Å². The molecular formula is C23H27ClN2O4. The number of halogens is 1. The van der Waals surface area contributed by atoms with Crippen molar-refractivity contribution in [3.8, 4) is 5.75 Å². The summed E-state index contributed by atoms with van der Waals surface area (Å²) < 4.78 is 11.2. The molecule has 1 fully saturated rings. The molecule has 2 aromatic carbocycles. The first-order valence-electron chi connectivity index (χ1n) is 10.1. The summed E-state index contributed by atoms with van der Waals surface area (Å²) in [4.78, 5) is 27.3. The van der Waals surface area contributed by atoms with Crippen LogP contribution < -0.4 is 10.1 Å². The molecule has 0 bridgehead atoms. The van der Waals surface area contributed by atoms with Gasteiger partial charge in [-0.3, -0.25) is 9.59 Å². The third kappa shape index (κ3) is 6.21. The quantitative estimate of drug-likeness (QED) is 0.661. The second-order valence-electron chi connectivity index (χ2n) is 7.28. The maximum absolute atomic E-state index is 13.0. The summed E-state index contributed by atoms with van der Waals surface area (Å²) in [6, 6.07) is 15.9. The average molecular weight is 431 g/mol. The van der Waals surface area contributed by atoms with Crippen LogP contribution in [0.2, 0.25) is 5.02 Å². The molecule has 6 nitrogen and oxygen atoms in total. The number of benzene rings is 2. The summed E-state index contributed by atoms with van der Waals surface area (Å²) in [6.45, 7) is 3.00. The number of rotatable bonds is 9. The van der Waals surface area contributed by atoms with Gasteiger partial charge in [0.2, 0.25) is 5.91 Å². The summed E-state index contributed by atoms with van der Waals surface area (Å²) >= 11 is 6.11. The number of amides is 2. The van der Waals surface area contributed by atoms with Gasteiger partial charge < -0.3 is 19.7 Å². The number of ether oxygens (including phenoxy) is 2. The van der Waals surface area contributed by atoms with Gasteiger partial charge in [-0.25, -0.2) is 0 Å². The first-order chi connectivity index (χ1) is 14.5. The molecule has 1 heterocycles. The van der Waals surface area contributed by atoms with Gasteiger partial charge >= 0.3 is 0 Å². The van der Waals surface area contributed by atoms with Gasteiger partial charge in [-0.2, -0.15) is 0 Å². The Balaban J connectivity index is 1.65. The van der Waals surface area contributed by atoms with Crippen LogP contribution in [0.15, 0.2) is 54.6 Å². The Morgan fingerprint density at radius 2 is 1.93 bits per heavy atom. The van der Waals surface area contributed by atoms with E-state index in [0.29, 0.717) is 23.9 Å². The molecule has 7 heteroatoms. The fourth-order valence-corrected chi connectivity index (χ4v) is 3.50. The van der Waals surface area contributed by atoms with Crippen LogP contribution in [0.1, 0.15) is 25.3 Å². The molecule has 0 unspecified atom stereocenters. The Labute approximate surface area is 182 Å². The van der Waals surface area contributed by atoms with E-state index >= 15 is 0 Å². The Bertz CT molecular complexity index is 840. The van der Waals surface area contributed by atoms with Gasteiger partial charge in [0.25, 0.3) is 5.91 Å². The predicted molar refractivity (Wildman–Crippen MR) is 115 cm³/mol. The third-order valence-corrected chi connectivity index (χ3v) is 5.39. The summed E-state index contributed by atoms with van der Waals surface area (Å²) in [5, 5.41) is 3.34. The molecule has 2 aromatic rings. The molecule has 2 atom stereocenters. The smallest absolute Gasteiger partial charge is 0.261 e. The lowest BCUT2D eigenvalue weighted by atomic mass is 10.1. The van der Waals surface area contributed by atoms with E-state index in [4.69, 9.17) is 21.1 Å². The van der Waals surface area contributed by atoms with Gasteiger partial charge in [0, 0.05) is 19.7 Å². The van der Waals surface area contributed by atoms with Crippen molar-refractivity contribution in [1.29, 1.82) is 0 Å². The van der Waals surface area contributed by atoms with Crippen molar-refractivity contribution in [2.45, 2.75) is 38.5 Å². The number of hydrogen-bond donors (Lipinski definition) is 1. The summed E-state index contributed by atoms with van der Waals surface area (Å²) in [7, 11) is 0. The number of nitrogens with zero attached hydrogens (tertiary/aromatic N) is 1. The van der Waals surface area contributed by atoms with Gasteiger partial charge in [0.15, 0.2) is 6.61 Å². The molecule has 0 aliphatic carbocycles. The second kappa shape index (κ2) is 11.0. The Morgan fingerprint density at radius 3 is 2.63 bits per heavy atom. The van der Waals surface area contributed by atoms with E-state index in [9.17, 15) is 9.59 Å². The highest BCUT2D eigenvalue weighted by Crippen LogP contribution is 2.23. The van der Waals surface area contributed by atoms with Crippen molar-refractivity contribution >= 4 is 23.4 Å². The summed E-state index contributed by atoms with van der Waals surface area (Å²) in [5.41, 5.74) is 0.933. The van der Waals surface area contributed by atoms with Crippen molar-refractivity contribution in [3.63, 3.8) is 0 Å². The van der Waals surface area contributed by atoms with Crippen LogP contribution >= 0.6 is 11.6 Å². The molecular weight excluding hydrogens is 404 g/mol. The Morgan fingerprint density at radius 1 is 1.20 bits per heavy atom. The van der Waals surface area contributed by atoms with Gasteiger partial charge in [-0.1, -0.05) is 54.1 Å². The highest BCUT2D eigenvalue weighted by atomic mass is 35.5. The lowest BCUT2D eigenvalue weighted by Crippen LogP contribution is -2.50. The van der Waals surface area contributed by atoms with Crippen LogP contribution in [0.5, 0.6) is 5.75 Å². The summed E-state index contributed by atoms with van der Waals surface area (Å²) in [5.74, 6) is -0.0753. The van der Waals surface area contributed by atoms with E-state index in [0.717, 1.165) is 25.0 Å². The van der Waals surface area contributed by atoms with E-state index in [1.165, 1.54) is 4.90 Å². The fraction of sp³-hybridized carbons (Fsp3) is 0.391. The molecule has 3 rings (SSSR count). The molecule has 0 aromatic heterocycles. The summed E-state index contributed by atoms with van der Waals surface area (Å²) in [6.07, 6.45) is 1.99. The minimum atomic E-state index is -0.658. The van der Waals surface area contributed by atoms with Gasteiger partial charge in [-0.15, -0.1) is 0 Å². The SMILES string of the molecule is C[C@H](C(=O)NC[C@H]1CCCO1)N(Cc1ccccc1)C(=O)COc1ccccc1Cl. The zero-order valence-electron chi connectivity index (χ0n) is 17.1. The largest absolute Gasteiger partial charge is 0.482 e. The molecule has 1 N–H and O–H groups in total. The molecule has 160 valence electrons. The van der Waals surface area contributed by atoms with E-state index in [1.807, 2.05) is 30.3 Å². The molecule has 0 saturated carbocycles.